The second kappa shape index (κ2) is 15.3. The second-order valence-corrected chi connectivity index (χ2v) is 11.5. The number of nitrogens with one attached hydrogen (secondary N) is 1. The van der Waals surface area contributed by atoms with E-state index < -0.39 is 52.5 Å². The minimum atomic E-state index is -5.17. The molecular weight excluding hydrogens is 548 g/mol. The minimum absolute atomic E-state index is 0.0379. The molecule has 0 aromatic carbocycles. The average Bonchev–Trinajstić information content (AvgIpc) is 3.10. The van der Waals surface area contributed by atoms with Gasteiger partial charge in [0.05, 0.1) is 6.61 Å². The third-order valence-electron chi connectivity index (χ3n) is 5.85. The third kappa shape index (κ3) is 11.7. The molecule has 15 nitrogen and oxygen atoms in total. The second-order valence-electron chi connectivity index (χ2n) is 9.03. The van der Waals surface area contributed by atoms with Crippen molar-refractivity contribution in [2.75, 3.05) is 11.9 Å². The van der Waals surface area contributed by atoms with Gasteiger partial charge in [0, 0.05) is 12.6 Å². The fourth-order valence-corrected chi connectivity index (χ4v) is 4.94. The summed E-state index contributed by atoms with van der Waals surface area (Å²) >= 11 is 0. The van der Waals surface area contributed by atoms with Crippen LogP contribution in [0.4, 0.5) is 5.82 Å². The van der Waals surface area contributed by atoms with Crippen LogP contribution in [-0.4, -0.2) is 65.1 Å². The number of phosphoric acid groups is 2. The molecule has 1 aliphatic heterocycles. The molecule has 0 bridgehead atoms. The Labute approximate surface area is 220 Å². The standard InChI is InChI=1S/C21H37N3O12P2/c1-2-3-4-5-6-7-8-9-10-11-17(25)22-16-12-13-24(21(27)23-16)20-18(26)19(36-38(31,32)33)15(35-20)14-34-37(28,29)30/h12-13,15,18-20,26H,2-11,14H2,1H3,(H2,28,29,30)(H2,31,32,33)(H,22,23,25,27)/t15-,18-,19-,20-/m1/s1. The minimum Gasteiger partial charge on any atom is -0.386 e. The van der Waals surface area contributed by atoms with E-state index in [1.54, 1.807) is 0 Å². The molecule has 1 fully saturated rings. The quantitative estimate of drug-likeness (QED) is 0.114. The highest BCUT2D eigenvalue weighted by atomic mass is 31.2. The van der Waals surface area contributed by atoms with Gasteiger partial charge in [-0.25, -0.2) is 13.9 Å². The van der Waals surface area contributed by atoms with Crippen LogP contribution in [0.1, 0.15) is 77.4 Å². The van der Waals surface area contributed by atoms with Gasteiger partial charge in [-0.3, -0.25) is 18.4 Å². The number of rotatable bonds is 17. The van der Waals surface area contributed by atoms with Crippen molar-refractivity contribution in [2.45, 2.75) is 95.7 Å². The number of aromatic nitrogens is 2. The van der Waals surface area contributed by atoms with Crippen molar-refractivity contribution in [3.63, 3.8) is 0 Å². The van der Waals surface area contributed by atoms with Crippen molar-refractivity contribution in [3.05, 3.63) is 22.7 Å². The highest BCUT2D eigenvalue weighted by Crippen LogP contribution is 2.45. The van der Waals surface area contributed by atoms with Gasteiger partial charge in [0.15, 0.2) is 6.23 Å². The van der Waals surface area contributed by atoms with E-state index in [4.69, 9.17) is 24.3 Å². The van der Waals surface area contributed by atoms with Crippen LogP contribution in [0.5, 0.6) is 0 Å². The highest BCUT2D eigenvalue weighted by molar-refractivity contribution is 7.46. The summed E-state index contributed by atoms with van der Waals surface area (Å²) in [7, 11) is -10.2. The fraction of sp³-hybridized carbons (Fsp3) is 0.762. The molecule has 2 rings (SSSR count). The molecule has 1 aliphatic rings. The van der Waals surface area contributed by atoms with Gasteiger partial charge in [-0.2, -0.15) is 4.98 Å². The summed E-state index contributed by atoms with van der Waals surface area (Å²) in [4.78, 5) is 64.5. The van der Waals surface area contributed by atoms with E-state index in [9.17, 15) is 23.8 Å². The maximum atomic E-state index is 12.6. The third-order valence-corrected chi connectivity index (χ3v) is 6.86. The van der Waals surface area contributed by atoms with Crippen LogP contribution in [0, 0.1) is 0 Å². The van der Waals surface area contributed by atoms with Crippen LogP contribution in [-0.2, 0) is 27.7 Å². The molecule has 38 heavy (non-hydrogen) atoms. The summed E-state index contributed by atoms with van der Waals surface area (Å²) in [5, 5.41) is 13.0. The van der Waals surface area contributed by atoms with Gasteiger partial charge < -0.3 is 34.7 Å². The maximum absolute atomic E-state index is 12.6. The predicted octanol–water partition coefficient (Wildman–Crippen LogP) is 1.95. The number of hydrogen-bond donors (Lipinski definition) is 6. The first-order valence-electron chi connectivity index (χ1n) is 12.5. The van der Waals surface area contributed by atoms with Crippen LogP contribution >= 0.6 is 15.6 Å². The van der Waals surface area contributed by atoms with Crippen molar-refractivity contribution < 1.29 is 52.4 Å². The molecule has 1 amide bonds. The molecule has 0 aliphatic carbocycles. The smallest absolute Gasteiger partial charge is 0.386 e. The lowest BCUT2D eigenvalue weighted by Crippen LogP contribution is -2.37. The number of carbonyl (C=O) groups is 1. The van der Waals surface area contributed by atoms with Gasteiger partial charge in [-0.15, -0.1) is 0 Å². The molecule has 6 N–H and O–H groups in total. The van der Waals surface area contributed by atoms with Crippen molar-refractivity contribution in [2.24, 2.45) is 0 Å². The van der Waals surface area contributed by atoms with Gasteiger partial charge in [0.1, 0.15) is 24.1 Å². The number of hydrogen-bond acceptors (Lipinski definition) is 9. The molecule has 2 heterocycles. The Morgan fingerprint density at radius 2 is 1.66 bits per heavy atom. The number of phosphoric ester groups is 2. The predicted molar refractivity (Wildman–Crippen MR) is 134 cm³/mol. The van der Waals surface area contributed by atoms with Gasteiger partial charge >= 0.3 is 21.3 Å². The van der Waals surface area contributed by atoms with Gasteiger partial charge in [-0.1, -0.05) is 58.3 Å². The van der Waals surface area contributed by atoms with Crippen LogP contribution in [0.3, 0.4) is 0 Å². The summed E-state index contributed by atoms with van der Waals surface area (Å²) in [5.41, 5.74) is -0.971. The molecule has 1 saturated heterocycles. The Balaban J connectivity index is 1.92. The lowest BCUT2D eigenvalue weighted by Gasteiger charge is -2.21. The Kier molecular flexibility index (Phi) is 13.2. The largest absolute Gasteiger partial charge is 0.470 e. The van der Waals surface area contributed by atoms with Gasteiger partial charge in [0.25, 0.3) is 0 Å². The van der Waals surface area contributed by atoms with Crippen LogP contribution < -0.4 is 11.0 Å². The van der Waals surface area contributed by atoms with Gasteiger partial charge in [0.2, 0.25) is 5.91 Å². The molecule has 17 heteroatoms. The molecule has 0 unspecified atom stereocenters. The number of aliphatic hydroxyl groups excluding tert-OH is 1. The monoisotopic (exact) mass is 585 g/mol. The first-order chi connectivity index (χ1) is 17.8. The Morgan fingerprint density at radius 3 is 2.21 bits per heavy atom. The molecule has 0 saturated carbocycles. The number of unbranched alkanes of at least 4 members (excludes halogenated alkanes) is 8. The molecule has 218 valence electrons. The first-order valence-corrected chi connectivity index (χ1v) is 15.5. The zero-order valence-corrected chi connectivity index (χ0v) is 22.9. The molecule has 1 aromatic rings. The summed E-state index contributed by atoms with van der Waals surface area (Å²) in [6, 6.07) is 1.27. The lowest BCUT2D eigenvalue weighted by molar-refractivity contribution is -0.116. The Hall–Kier alpha value is -1.51. The number of anilines is 1. The SMILES string of the molecule is CCCCCCCCCCCC(=O)Nc1ccn([C@@H]2O[C@H](COP(=O)(O)O)[C@@H](OP(=O)(O)O)[C@H]2O)c(=O)n1. The van der Waals surface area contributed by atoms with E-state index in [0.29, 0.717) is 6.42 Å². The average molecular weight is 585 g/mol. The highest BCUT2D eigenvalue weighted by Gasteiger charge is 2.49. The van der Waals surface area contributed by atoms with E-state index in [0.717, 1.165) is 30.0 Å². The van der Waals surface area contributed by atoms with E-state index in [1.807, 2.05) is 0 Å². The number of carbonyl (C=O) groups excluding carboxylic acids is 1. The van der Waals surface area contributed by atoms with Crippen LogP contribution in [0.25, 0.3) is 0 Å². The van der Waals surface area contributed by atoms with Crippen molar-refractivity contribution in [1.82, 2.24) is 9.55 Å². The topological polar surface area (TPSA) is 227 Å². The Morgan fingerprint density at radius 1 is 1.05 bits per heavy atom. The van der Waals surface area contributed by atoms with Gasteiger partial charge in [-0.05, 0) is 12.5 Å². The summed E-state index contributed by atoms with van der Waals surface area (Å²) in [6.45, 7) is 1.27. The zero-order valence-electron chi connectivity index (χ0n) is 21.1. The van der Waals surface area contributed by atoms with Crippen molar-refractivity contribution in [1.29, 1.82) is 0 Å². The number of nitrogens with zero attached hydrogens (tertiary/aromatic N) is 2. The van der Waals surface area contributed by atoms with Crippen molar-refractivity contribution in [3.8, 4) is 0 Å². The van der Waals surface area contributed by atoms with E-state index in [-0.39, 0.29) is 18.1 Å². The molecule has 0 radical (unpaired) electrons. The van der Waals surface area contributed by atoms with E-state index >= 15 is 0 Å². The molecule has 0 spiro atoms. The number of amides is 1. The van der Waals surface area contributed by atoms with Crippen molar-refractivity contribution >= 4 is 27.4 Å². The molecule has 1 aromatic heterocycles. The van der Waals surface area contributed by atoms with Crippen LogP contribution in [0.15, 0.2) is 17.1 Å². The summed E-state index contributed by atoms with van der Waals surface area (Å²) in [6.07, 6.45) is 4.54. The zero-order chi connectivity index (χ0) is 28.3. The molecular formula is C21H37N3O12P2. The maximum Gasteiger partial charge on any atom is 0.470 e. The Bertz CT molecular complexity index is 1040. The van der Waals surface area contributed by atoms with Crippen LogP contribution in [0.2, 0.25) is 0 Å². The van der Waals surface area contributed by atoms with E-state index in [2.05, 4.69) is 26.3 Å². The summed E-state index contributed by atoms with van der Waals surface area (Å²) in [5.74, 6) is -0.358. The van der Waals surface area contributed by atoms with E-state index in [1.165, 1.54) is 38.2 Å². The lowest BCUT2D eigenvalue weighted by atomic mass is 10.1. The molecule has 4 atom stereocenters. The fourth-order valence-electron chi connectivity index (χ4n) is 4.02. The first kappa shape index (κ1) is 32.7. The number of aliphatic hydroxyl groups is 1. The summed E-state index contributed by atoms with van der Waals surface area (Å²) < 4.78 is 37.3. The normalized spacial score (nSPS) is 22.1. The number of ether oxygens (including phenoxy) is 1.